The van der Waals surface area contributed by atoms with E-state index in [4.69, 9.17) is 9.90 Å². The van der Waals surface area contributed by atoms with Crippen LogP contribution in [-0.2, 0) is 21.9 Å². The maximum atomic E-state index is 12.8. The van der Waals surface area contributed by atoms with Gasteiger partial charge in [-0.15, -0.1) is 0 Å². The number of aliphatic carboxylic acids is 1. The molecular formula is C17H26F3N5O5S. The molecule has 0 saturated carbocycles. The Morgan fingerprint density at radius 1 is 1.19 bits per heavy atom. The van der Waals surface area contributed by atoms with Crippen LogP contribution in [0.4, 0.5) is 18.0 Å². The number of halogens is 3. The van der Waals surface area contributed by atoms with E-state index >= 15 is 0 Å². The number of nitrogens with zero attached hydrogens (tertiary/aromatic N) is 5. The average molecular weight is 469 g/mol. The van der Waals surface area contributed by atoms with E-state index in [1.54, 1.807) is 30.6 Å². The number of rotatable bonds is 2. The molecule has 0 radical (unpaired) electrons. The van der Waals surface area contributed by atoms with Crippen molar-refractivity contribution in [1.82, 2.24) is 23.7 Å². The van der Waals surface area contributed by atoms with Gasteiger partial charge in [0.25, 0.3) is 10.0 Å². The van der Waals surface area contributed by atoms with Crippen LogP contribution in [0, 0.1) is 5.41 Å². The molecule has 2 fully saturated rings. The Labute approximate surface area is 178 Å². The number of carboxylic acid groups (broad SMARTS) is 1. The monoisotopic (exact) mass is 469 g/mol. The molecule has 3 rings (SSSR count). The van der Waals surface area contributed by atoms with Crippen LogP contribution in [0.2, 0.25) is 0 Å². The molecule has 2 saturated heterocycles. The molecule has 0 aromatic carbocycles. The van der Waals surface area contributed by atoms with Crippen LogP contribution in [0.15, 0.2) is 17.6 Å². The highest BCUT2D eigenvalue weighted by Gasteiger charge is 2.46. The zero-order valence-electron chi connectivity index (χ0n) is 17.5. The van der Waals surface area contributed by atoms with Crippen molar-refractivity contribution in [2.75, 3.05) is 40.3 Å². The molecule has 0 aliphatic carbocycles. The first-order valence-corrected chi connectivity index (χ1v) is 10.9. The molecule has 1 spiro atoms. The van der Waals surface area contributed by atoms with Crippen LogP contribution in [0.1, 0.15) is 19.3 Å². The summed E-state index contributed by atoms with van der Waals surface area (Å²) in [6, 6.07) is 0.000100. The van der Waals surface area contributed by atoms with E-state index in [2.05, 4.69) is 4.98 Å². The van der Waals surface area contributed by atoms with Crippen molar-refractivity contribution in [3.05, 3.63) is 12.5 Å². The van der Waals surface area contributed by atoms with Crippen molar-refractivity contribution in [3.8, 4) is 0 Å². The van der Waals surface area contributed by atoms with Crippen LogP contribution < -0.4 is 0 Å². The number of hydrogen-bond donors (Lipinski definition) is 1. The molecule has 10 nitrogen and oxygen atoms in total. The molecule has 1 aromatic heterocycles. The minimum atomic E-state index is -5.08. The van der Waals surface area contributed by atoms with Gasteiger partial charge >= 0.3 is 18.2 Å². The number of sulfonamides is 1. The molecule has 2 amide bonds. The summed E-state index contributed by atoms with van der Waals surface area (Å²) in [7, 11) is 1.69. The van der Waals surface area contributed by atoms with Gasteiger partial charge in [0.1, 0.15) is 0 Å². The molecule has 1 N–H and O–H groups in total. The highest BCUT2D eigenvalue weighted by atomic mass is 32.2. The first kappa shape index (κ1) is 24.9. The SMILES string of the molecule is CN(C)C(=O)N1CCCC2(CCN(S(=O)(=O)c3cn(C)cn3)C2)C1.O=C(O)C(F)(F)F. The summed E-state index contributed by atoms with van der Waals surface area (Å²) in [5.74, 6) is -2.76. The first-order valence-electron chi connectivity index (χ1n) is 9.42. The highest BCUT2D eigenvalue weighted by molar-refractivity contribution is 7.89. The zero-order chi connectivity index (χ0) is 23.6. The predicted octanol–water partition coefficient (Wildman–Crippen LogP) is 1.21. The standard InChI is InChI=1S/C15H25N5O3S.C2HF3O2/c1-17(2)14(21)19-7-4-5-15(10-19)6-8-20(11-15)24(22,23)13-9-18(3)12-16-13;3-2(4,5)1(6)7/h9,12H,4-8,10-11H2,1-3H3;(H,6,7). The van der Waals surface area contributed by atoms with Crippen molar-refractivity contribution in [2.45, 2.75) is 30.5 Å². The van der Waals surface area contributed by atoms with E-state index in [1.807, 2.05) is 4.90 Å². The third kappa shape index (κ3) is 5.87. The fourth-order valence-corrected chi connectivity index (χ4v) is 5.26. The fourth-order valence-electron chi connectivity index (χ4n) is 3.74. The van der Waals surface area contributed by atoms with Crippen molar-refractivity contribution < 1.29 is 36.3 Å². The fraction of sp³-hybridized carbons (Fsp3) is 0.706. The van der Waals surface area contributed by atoms with Crippen LogP contribution in [0.3, 0.4) is 0 Å². The summed E-state index contributed by atoms with van der Waals surface area (Å²) < 4.78 is 60.4. The minimum Gasteiger partial charge on any atom is -0.475 e. The second kappa shape index (κ2) is 9.02. The average Bonchev–Trinajstić information content (AvgIpc) is 3.28. The Morgan fingerprint density at radius 3 is 2.29 bits per heavy atom. The smallest absolute Gasteiger partial charge is 0.475 e. The van der Waals surface area contributed by atoms with Gasteiger partial charge in [-0.1, -0.05) is 0 Å². The number of piperidine rings is 1. The number of carbonyl (C=O) groups excluding carboxylic acids is 1. The number of hydrogen-bond acceptors (Lipinski definition) is 5. The minimum absolute atomic E-state index is 0.000100. The summed E-state index contributed by atoms with van der Waals surface area (Å²) in [5, 5.41) is 7.22. The van der Waals surface area contributed by atoms with Crippen molar-refractivity contribution in [3.63, 3.8) is 0 Å². The maximum Gasteiger partial charge on any atom is 0.490 e. The molecule has 1 aromatic rings. The largest absolute Gasteiger partial charge is 0.490 e. The quantitative estimate of drug-likeness (QED) is 0.696. The summed E-state index contributed by atoms with van der Waals surface area (Å²) >= 11 is 0. The summed E-state index contributed by atoms with van der Waals surface area (Å²) in [6.07, 6.45) is 0.603. The summed E-state index contributed by atoms with van der Waals surface area (Å²) in [5.41, 5.74) is -0.133. The molecule has 2 aliphatic heterocycles. The molecule has 14 heteroatoms. The van der Waals surface area contributed by atoms with E-state index in [0.717, 1.165) is 25.8 Å². The van der Waals surface area contributed by atoms with Gasteiger partial charge in [-0.25, -0.2) is 23.0 Å². The van der Waals surface area contributed by atoms with E-state index < -0.39 is 22.2 Å². The second-order valence-corrected chi connectivity index (χ2v) is 9.86. The van der Waals surface area contributed by atoms with Gasteiger partial charge in [-0.2, -0.15) is 17.5 Å². The number of amides is 2. The van der Waals surface area contributed by atoms with Crippen molar-refractivity contribution >= 4 is 22.0 Å². The first-order chi connectivity index (χ1) is 14.2. The lowest BCUT2D eigenvalue weighted by Gasteiger charge is -2.41. The molecule has 31 heavy (non-hydrogen) atoms. The molecular weight excluding hydrogens is 443 g/mol. The molecule has 0 bridgehead atoms. The molecule has 3 heterocycles. The Morgan fingerprint density at radius 2 is 1.81 bits per heavy atom. The van der Waals surface area contributed by atoms with Gasteiger partial charge in [-0.05, 0) is 19.3 Å². The third-order valence-corrected chi connectivity index (χ3v) is 6.98. The highest BCUT2D eigenvalue weighted by Crippen LogP contribution is 2.40. The molecule has 2 aliphatic rings. The zero-order valence-corrected chi connectivity index (χ0v) is 18.3. The maximum absolute atomic E-state index is 12.8. The number of urea groups is 1. The summed E-state index contributed by atoms with van der Waals surface area (Å²) in [4.78, 5) is 28.6. The van der Waals surface area contributed by atoms with Gasteiger partial charge < -0.3 is 19.5 Å². The Kier molecular flexibility index (Phi) is 7.25. The molecule has 1 atom stereocenters. The van der Waals surface area contributed by atoms with E-state index in [-0.39, 0.29) is 16.5 Å². The number of carbonyl (C=O) groups is 2. The topological polar surface area (TPSA) is 116 Å². The Bertz CT molecular complexity index is 918. The van der Waals surface area contributed by atoms with Gasteiger partial charge in [0.05, 0.1) is 6.33 Å². The number of likely N-dealkylation sites (tertiary alicyclic amines) is 1. The molecule has 176 valence electrons. The predicted molar refractivity (Wildman–Crippen MR) is 103 cm³/mol. The second-order valence-electron chi connectivity index (χ2n) is 7.97. The number of aromatic nitrogens is 2. The lowest BCUT2D eigenvalue weighted by atomic mass is 9.79. The van der Waals surface area contributed by atoms with Gasteiger partial charge in [0.15, 0.2) is 5.03 Å². The van der Waals surface area contributed by atoms with E-state index in [0.29, 0.717) is 19.6 Å². The van der Waals surface area contributed by atoms with Gasteiger partial charge in [0.2, 0.25) is 0 Å². The molecule has 1 unspecified atom stereocenters. The van der Waals surface area contributed by atoms with Gasteiger partial charge in [0, 0.05) is 58.9 Å². The van der Waals surface area contributed by atoms with Crippen LogP contribution in [-0.4, -0.2) is 95.6 Å². The van der Waals surface area contributed by atoms with E-state index in [9.17, 15) is 26.4 Å². The van der Waals surface area contributed by atoms with Crippen LogP contribution in [0.25, 0.3) is 0 Å². The summed E-state index contributed by atoms with van der Waals surface area (Å²) in [6.45, 7) is 2.32. The normalized spacial score (nSPS) is 22.2. The van der Waals surface area contributed by atoms with Crippen LogP contribution in [0.5, 0.6) is 0 Å². The number of alkyl halides is 3. The lowest BCUT2D eigenvalue weighted by Crippen LogP contribution is -2.50. The van der Waals surface area contributed by atoms with E-state index in [1.165, 1.54) is 16.8 Å². The lowest BCUT2D eigenvalue weighted by molar-refractivity contribution is -0.192. The number of imidazole rings is 1. The van der Waals surface area contributed by atoms with Crippen LogP contribution >= 0.6 is 0 Å². The van der Waals surface area contributed by atoms with Crippen molar-refractivity contribution in [2.24, 2.45) is 12.5 Å². The number of carboxylic acids is 1. The van der Waals surface area contributed by atoms with Crippen molar-refractivity contribution in [1.29, 1.82) is 0 Å². The number of aryl methyl sites for hydroxylation is 1. The Balaban J connectivity index is 0.000000423. The third-order valence-electron chi connectivity index (χ3n) is 5.25. The Hall–Kier alpha value is -2.35. The van der Waals surface area contributed by atoms with Gasteiger partial charge in [-0.3, -0.25) is 0 Å².